The molecule has 106 valence electrons. The molecule has 0 saturated heterocycles. The number of nitrogens with zero attached hydrogens (tertiary/aromatic N) is 3. The summed E-state index contributed by atoms with van der Waals surface area (Å²) in [5.41, 5.74) is 7.08. The van der Waals surface area contributed by atoms with Crippen molar-refractivity contribution in [3.8, 4) is 0 Å². The lowest BCUT2D eigenvalue weighted by molar-refractivity contribution is 0.630. The first-order chi connectivity index (χ1) is 9.02. The standard InChI is InChI=1S/C15H26N4/c1-5-6-13-17-14(16)11(4)15(18-13)19(10(2)3)9-12-7-8-12/h10,12H,5-9H2,1-4H3,(H2,16,17,18). The molecule has 0 unspecified atom stereocenters. The molecule has 2 N–H and O–H groups in total. The molecular weight excluding hydrogens is 236 g/mol. The van der Waals surface area contributed by atoms with Gasteiger partial charge in [-0.2, -0.15) is 0 Å². The highest BCUT2D eigenvalue weighted by molar-refractivity contribution is 5.57. The molecule has 4 heteroatoms. The van der Waals surface area contributed by atoms with Crippen LogP contribution in [-0.2, 0) is 6.42 Å². The third-order valence-corrected chi connectivity index (χ3v) is 3.72. The first kappa shape index (κ1) is 14.1. The second-order valence-corrected chi connectivity index (χ2v) is 5.91. The van der Waals surface area contributed by atoms with Gasteiger partial charge in [-0.1, -0.05) is 6.92 Å². The van der Waals surface area contributed by atoms with Crippen LogP contribution in [0, 0.1) is 12.8 Å². The van der Waals surface area contributed by atoms with Crippen molar-refractivity contribution < 1.29 is 0 Å². The Balaban J connectivity index is 2.32. The average Bonchev–Trinajstić information content (AvgIpc) is 3.15. The van der Waals surface area contributed by atoms with Crippen LogP contribution in [0.15, 0.2) is 0 Å². The molecule has 0 aromatic carbocycles. The average molecular weight is 262 g/mol. The van der Waals surface area contributed by atoms with Gasteiger partial charge < -0.3 is 10.6 Å². The second-order valence-electron chi connectivity index (χ2n) is 5.91. The van der Waals surface area contributed by atoms with Crippen LogP contribution in [0.25, 0.3) is 0 Å². The molecule has 0 bridgehead atoms. The van der Waals surface area contributed by atoms with Gasteiger partial charge in [0, 0.05) is 24.6 Å². The molecule has 4 nitrogen and oxygen atoms in total. The van der Waals surface area contributed by atoms with Crippen molar-refractivity contribution in [2.45, 2.75) is 59.4 Å². The highest BCUT2D eigenvalue weighted by Gasteiger charge is 2.27. The summed E-state index contributed by atoms with van der Waals surface area (Å²) < 4.78 is 0. The fourth-order valence-electron chi connectivity index (χ4n) is 2.30. The number of aromatic nitrogens is 2. The number of nitrogens with two attached hydrogens (primary N) is 1. The van der Waals surface area contributed by atoms with E-state index in [-0.39, 0.29) is 0 Å². The van der Waals surface area contributed by atoms with Crippen molar-refractivity contribution in [1.82, 2.24) is 9.97 Å². The highest BCUT2D eigenvalue weighted by atomic mass is 15.2. The van der Waals surface area contributed by atoms with Crippen molar-refractivity contribution in [2.75, 3.05) is 17.2 Å². The zero-order valence-corrected chi connectivity index (χ0v) is 12.6. The SMILES string of the molecule is CCCc1nc(N)c(C)c(N(CC2CC2)C(C)C)n1. The Morgan fingerprint density at radius 3 is 2.53 bits per heavy atom. The van der Waals surface area contributed by atoms with Crippen molar-refractivity contribution in [3.63, 3.8) is 0 Å². The van der Waals surface area contributed by atoms with Crippen LogP contribution >= 0.6 is 0 Å². The molecule has 1 aromatic heterocycles. The summed E-state index contributed by atoms with van der Waals surface area (Å²) in [6, 6.07) is 0.447. The Bertz CT molecular complexity index is 438. The van der Waals surface area contributed by atoms with E-state index >= 15 is 0 Å². The van der Waals surface area contributed by atoms with Crippen LogP contribution < -0.4 is 10.6 Å². The van der Waals surface area contributed by atoms with Crippen LogP contribution in [0.1, 0.15) is 51.4 Å². The van der Waals surface area contributed by atoms with Crippen LogP contribution in [0.2, 0.25) is 0 Å². The summed E-state index contributed by atoms with van der Waals surface area (Å²) in [5, 5.41) is 0. The Kier molecular flexibility index (Phi) is 4.27. The molecular formula is C15H26N4. The minimum Gasteiger partial charge on any atom is -0.383 e. The number of nitrogen functional groups attached to an aromatic ring is 1. The van der Waals surface area contributed by atoms with E-state index in [1.54, 1.807) is 0 Å². The first-order valence-corrected chi connectivity index (χ1v) is 7.42. The normalized spacial score (nSPS) is 15.0. The van der Waals surface area contributed by atoms with E-state index in [1.165, 1.54) is 12.8 Å². The Morgan fingerprint density at radius 1 is 1.32 bits per heavy atom. The van der Waals surface area contributed by atoms with Crippen LogP contribution in [0.3, 0.4) is 0 Å². The van der Waals surface area contributed by atoms with E-state index in [0.717, 1.165) is 42.5 Å². The first-order valence-electron chi connectivity index (χ1n) is 7.42. The zero-order chi connectivity index (χ0) is 14.0. The molecule has 0 spiro atoms. The number of hydrogen-bond acceptors (Lipinski definition) is 4. The summed E-state index contributed by atoms with van der Waals surface area (Å²) in [7, 11) is 0. The fraction of sp³-hybridized carbons (Fsp3) is 0.733. The quantitative estimate of drug-likeness (QED) is 0.856. The lowest BCUT2D eigenvalue weighted by atomic mass is 10.2. The smallest absolute Gasteiger partial charge is 0.137 e. The number of rotatable bonds is 6. The Hall–Kier alpha value is -1.32. The molecule has 1 saturated carbocycles. The van der Waals surface area contributed by atoms with Gasteiger partial charge in [0.15, 0.2) is 0 Å². The van der Waals surface area contributed by atoms with Crippen LogP contribution in [0.5, 0.6) is 0 Å². The van der Waals surface area contributed by atoms with E-state index in [4.69, 9.17) is 10.7 Å². The predicted octanol–water partition coefficient (Wildman–Crippen LogP) is 2.94. The lowest BCUT2D eigenvalue weighted by Gasteiger charge is -2.30. The molecule has 1 fully saturated rings. The largest absolute Gasteiger partial charge is 0.383 e. The van der Waals surface area contributed by atoms with E-state index in [1.807, 2.05) is 6.92 Å². The Labute approximate surface area is 116 Å². The van der Waals surface area contributed by atoms with Crippen LogP contribution in [-0.4, -0.2) is 22.6 Å². The summed E-state index contributed by atoms with van der Waals surface area (Å²) in [4.78, 5) is 11.6. The third kappa shape index (κ3) is 3.37. The van der Waals surface area contributed by atoms with Gasteiger partial charge in [-0.05, 0) is 46.0 Å². The van der Waals surface area contributed by atoms with E-state index < -0.39 is 0 Å². The van der Waals surface area contributed by atoms with Crippen molar-refractivity contribution in [1.29, 1.82) is 0 Å². The fourth-order valence-corrected chi connectivity index (χ4v) is 2.30. The summed E-state index contributed by atoms with van der Waals surface area (Å²) in [6.45, 7) is 9.71. The van der Waals surface area contributed by atoms with Crippen LogP contribution in [0.4, 0.5) is 11.6 Å². The maximum Gasteiger partial charge on any atom is 0.137 e. The minimum absolute atomic E-state index is 0.447. The molecule has 1 aromatic rings. The van der Waals surface area contributed by atoms with E-state index in [9.17, 15) is 0 Å². The Morgan fingerprint density at radius 2 is 2.00 bits per heavy atom. The second kappa shape index (κ2) is 5.76. The monoisotopic (exact) mass is 262 g/mol. The predicted molar refractivity (Wildman–Crippen MR) is 80.4 cm³/mol. The van der Waals surface area contributed by atoms with Gasteiger partial charge >= 0.3 is 0 Å². The van der Waals surface area contributed by atoms with Crippen molar-refractivity contribution in [2.24, 2.45) is 5.92 Å². The minimum atomic E-state index is 0.447. The van der Waals surface area contributed by atoms with Gasteiger partial charge in [-0.3, -0.25) is 0 Å². The van der Waals surface area contributed by atoms with E-state index in [2.05, 4.69) is 30.7 Å². The molecule has 1 heterocycles. The summed E-state index contributed by atoms with van der Waals surface area (Å²) in [6.07, 6.45) is 4.65. The molecule has 1 aliphatic rings. The number of hydrogen-bond donors (Lipinski definition) is 1. The molecule has 19 heavy (non-hydrogen) atoms. The topological polar surface area (TPSA) is 55.0 Å². The molecule has 0 amide bonds. The summed E-state index contributed by atoms with van der Waals surface area (Å²) in [5.74, 6) is 3.39. The van der Waals surface area contributed by atoms with Crippen molar-refractivity contribution in [3.05, 3.63) is 11.4 Å². The van der Waals surface area contributed by atoms with Gasteiger partial charge in [0.1, 0.15) is 17.5 Å². The van der Waals surface area contributed by atoms with Gasteiger partial charge in [0.25, 0.3) is 0 Å². The molecule has 2 rings (SSSR count). The molecule has 1 aliphatic carbocycles. The third-order valence-electron chi connectivity index (χ3n) is 3.72. The molecule has 0 atom stereocenters. The number of aryl methyl sites for hydroxylation is 1. The van der Waals surface area contributed by atoms with Gasteiger partial charge in [-0.15, -0.1) is 0 Å². The zero-order valence-electron chi connectivity index (χ0n) is 12.6. The lowest BCUT2D eigenvalue weighted by Crippen LogP contribution is -2.34. The van der Waals surface area contributed by atoms with Crippen molar-refractivity contribution >= 4 is 11.6 Å². The molecule has 0 radical (unpaired) electrons. The van der Waals surface area contributed by atoms with Gasteiger partial charge in [0.05, 0.1) is 0 Å². The summed E-state index contributed by atoms with van der Waals surface area (Å²) >= 11 is 0. The van der Waals surface area contributed by atoms with E-state index in [0.29, 0.717) is 11.9 Å². The number of anilines is 2. The maximum atomic E-state index is 6.06. The highest BCUT2D eigenvalue weighted by Crippen LogP contribution is 2.33. The molecule has 0 aliphatic heterocycles. The van der Waals surface area contributed by atoms with Gasteiger partial charge in [-0.25, -0.2) is 9.97 Å². The van der Waals surface area contributed by atoms with Gasteiger partial charge in [0.2, 0.25) is 0 Å². The maximum absolute atomic E-state index is 6.06.